The number of pyridine rings is 1. The molecular formula is C7H5N3O3. The second-order valence-electron chi connectivity index (χ2n) is 2.44. The molecule has 13 heavy (non-hydrogen) atoms. The zero-order valence-corrected chi connectivity index (χ0v) is 6.39. The van der Waals surface area contributed by atoms with Gasteiger partial charge in [-0.15, -0.1) is 5.10 Å². The van der Waals surface area contributed by atoms with Gasteiger partial charge < -0.3 is 5.11 Å². The Bertz CT molecular complexity index is 525. The van der Waals surface area contributed by atoms with Crippen molar-refractivity contribution >= 4 is 11.6 Å². The average Bonchev–Trinajstić information content (AvgIpc) is 2.49. The Balaban J connectivity index is 2.95. The summed E-state index contributed by atoms with van der Waals surface area (Å²) in [5, 5.41) is 14.6. The van der Waals surface area contributed by atoms with Gasteiger partial charge in [0, 0.05) is 6.07 Å². The summed E-state index contributed by atoms with van der Waals surface area (Å²) < 4.78 is 1.00. The molecule has 0 spiro atoms. The van der Waals surface area contributed by atoms with Gasteiger partial charge in [-0.1, -0.05) is 6.07 Å². The molecule has 0 radical (unpaired) electrons. The SMILES string of the molecule is O=C(O)c1n[nH]c2cccc(=O)n12. The van der Waals surface area contributed by atoms with E-state index in [1.165, 1.54) is 12.1 Å². The number of aromatic amines is 1. The van der Waals surface area contributed by atoms with Crippen molar-refractivity contribution in [2.75, 3.05) is 0 Å². The molecule has 0 aromatic carbocycles. The molecule has 2 heterocycles. The third-order valence-electron chi connectivity index (χ3n) is 1.63. The summed E-state index contributed by atoms with van der Waals surface area (Å²) in [4.78, 5) is 21.8. The van der Waals surface area contributed by atoms with Gasteiger partial charge in [-0.25, -0.2) is 9.20 Å². The summed E-state index contributed by atoms with van der Waals surface area (Å²) in [6.07, 6.45) is 0. The van der Waals surface area contributed by atoms with E-state index in [-0.39, 0.29) is 5.82 Å². The first-order valence-electron chi connectivity index (χ1n) is 3.49. The lowest BCUT2D eigenvalue weighted by Gasteiger charge is -1.90. The summed E-state index contributed by atoms with van der Waals surface area (Å²) in [5.74, 6) is -1.54. The lowest BCUT2D eigenvalue weighted by Crippen LogP contribution is -2.16. The summed E-state index contributed by atoms with van der Waals surface area (Å²) in [6.45, 7) is 0. The molecule has 0 saturated carbocycles. The van der Waals surface area contributed by atoms with E-state index in [0.717, 1.165) is 4.40 Å². The van der Waals surface area contributed by atoms with Crippen LogP contribution < -0.4 is 5.56 Å². The van der Waals surface area contributed by atoms with E-state index in [4.69, 9.17) is 5.11 Å². The zero-order valence-electron chi connectivity index (χ0n) is 6.39. The zero-order chi connectivity index (χ0) is 9.42. The first kappa shape index (κ1) is 7.53. The van der Waals surface area contributed by atoms with E-state index >= 15 is 0 Å². The van der Waals surface area contributed by atoms with Crippen LogP contribution in [0.5, 0.6) is 0 Å². The highest BCUT2D eigenvalue weighted by atomic mass is 16.4. The number of carboxylic acid groups (broad SMARTS) is 1. The van der Waals surface area contributed by atoms with E-state index in [0.29, 0.717) is 5.65 Å². The Morgan fingerprint density at radius 1 is 1.54 bits per heavy atom. The van der Waals surface area contributed by atoms with Gasteiger partial charge in [-0.05, 0) is 6.07 Å². The topological polar surface area (TPSA) is 87.5 Å². The molecule has 6 heteroatoms. The lowest BCUT2D eigenvalue weighted by molar-refractivity contribution is 0.0681. The van der Waals surface area contributed by atoms with Gasteiger partial charge in [0.2, 0.25) is 5.82 Å². The van der Waals surface area contributed by atoms with Gasteiger partial charge >= 0.3 is 5.97 Å². The molecule has 2 rings (SSSR count). The monoisotopic (exact) mass is 179 g/mol. The smallest absolute Gasteiger partial charge is 0.374 e. The molecule has 0 saturated heterocycles. The number of carboxylic acids is 1. The molecular weight excluding hydrogens is 174 g/mol. The molecule has 2 N–H and O–H groups in total. The standard InChI is InChI=1S/C7H5N3O3/c11-5-3-1-2-4-8-9-6(7(12)13)10(4)5/h1-3,8H,(H,12,13). The van der Waals surface area contributed by atoms with Crippen LogP contribution in [-0.4, -0.2) is 25.7 Å². The fourth-order valence-electron chi connectivity index (χ4n) is 1.10. The van der Waals surface area contributed by atoms with Crippen LogP contribution in [-0.2, 0) is 0 Å². The Morgan fingerprint density at radius 2 is 2.31 bits per heavy atom. The number of carbonyl (C=O) groups is 1. The Kier molecular flexibility index (Phi) is 1.42. The van der Waals surface area contributed by atoms with Gasteiger partial charge in [0.25, 0.3) is 5.56 Å². The third-order valence-corrected chi connectivity index (χ3v) is 1.63. The first-order chi connectivity index (χ1) is 6.20. The highest BCUT2D eigenvalue weighted by Crippen LogP contribution is 1.98. The van der Waals surface area contributed by atoms with Crippen molar-refractivity contribution in [3.05, 3.63) is 34.4 Å². The Hall–Kier alpha value is -2.11. The van der Waals surface area contributed by atoms with E-state index < -0.39 is 11.5 Å². The average molecular weight is 179 g/mol. The molecule has 0 aliphatic rings. The number of aromatic carboxylic acids is 1. The van der Waals surface area contributed by atoms with Crippen LogP contribution in [0.2, 0.25) is 0 Å². The minimum atomic E-state index is -1.24. The maximum absolute atomic E-state index is 11.2. The largest absolute Gasteiger partial charge is 0.475 e. The predicted molar refractivity (Wildman–Crippen MR) is 42.8 cm³/mol. The minimum absolute atomic E-state index is 0.305. The third kappa shape index (κ3) is 0.994. The summed E-state index contributed by atoms with van der Waals surface area (Å²) >= 11 is 0. The fourth-order valence-corrected chi connectivity index (χ4v) is 1.10. The van der Waals surface area contributed by atoms with E-state index in [1.54, 1.807) is 6.07 Å². The number of nitrogens with one attached hydrogen (secondary N) is 1. The normalized spacial score (nSPS) is 10.5. The van der Waals surface area contributed by atoms with Crippen LogP contribution in [0.3, 0.4) is 0 Å². The van der Waals surface area contributed by atoms with Gasteiger partial charge in [-0.2, -0.15) is 0 Å². The quantitative estimate of drug-likeness (QED) is 0.630. The number of aromatic nitrogens is 3. The molecule has 0 aliphatic heterocycles. The van der Waals surface area contributed by atoms with Crippen molar-refractivity contribution in [2.24, 2.45) is 0 Å². The number of hydrogen-bond acceptors (Lipinski definition) is 3. The fraction of sp³-hybridized carbons (Fsp3) is 0. The highest BCUT2D eigenvalue weighted by molar-refractivity contribution is 5.84. The van der Waals surface area contributed by atoms with Gasteiger partial charge in [0.05, 0.1) is 0 Å². The molecule has 0 aliphatic carbocycles. The first-order valence-corrected chi connectivity index (χ1v) is 3.49. The van der Waals surface area contributed by atoms with Crippen molar-refractivity contribution in [1.29, 1.82) is 0 Å². The van der Waals surface area contributed by atoms with Crippen LogP contribution in [0.25, 0.3) is 5.65 Å². The molecule has 0 amide bonds. The van der Waals surface area contributed by atoms with Crippen LogP contribution in [0.4, 0.5) is 0 Å². The number of nitrogens with zero attached hydrogens (tertiary/aromatic N) is 2. The van der Waals surface area contributed by atoms with Crippen molar-refractivity contribution in [3.63, 3.8) is 0 Å². The summed E-state index contributed by atoms with van der Waals surface area (Å²) in [7, 11) is 0. The number of fused-ring (bicyclic) bond motifs is 1. The molecule has 6 nitrogen and oxygen atoms in total. The van der Waals surface area contributed by atoms with Crippen LogP contribution in [0, 0.1) is 0 Å². The van der Waals surface area contributed by atoms with Crippen molar-refractivity contribution in [2.45, 2.75) is 0 Å². The second-order valence-corrected chi connectivity index (χ2v) is 2.44. The van der Waals surface area contributed by atoms with Crippen molar-refractivity contribution < 1.29 is 9.90 Å². The van der Waals surface area contributed by atoms with E-state index in [2.05, 4.69) is 10.2 Å². The van der Waals surface area contributed by atoms with Crippen LogP contribution in [0.15, 0.2) is 23.0 Å². The van der Waals surface area contributed by atoms with Gasteiger partial charge in [0.1, 0.15) is 5.65 Å². The van der Waals surface area contributed by atoms with Crippen molar-refractivity contribution in [3.8, 4) is 0 Å². The van der Waals surface area contributed by atoms with Gasteiger partial charge in [0.15, 0.2) is 0 Å². The molecule has 66 valence electrons. The molecule has 0 atom stereocenters. The van der Waals surface area contributed by atoms with Crippen LogP contribution in [0.1, 0.15) is 10.6 Å². The molecule has 2 aromatic heterocycles. The summed E-state index contributed by atoms with van der Waals surface area (Å²) in [5.41, 5.74) is -0.0476. The predicted octanol–water partition coefficient (Wildman–Crippen LogP) is -0.279. The number of H-pyrrole nitrogens is 1. The van der Waals surface area contributed by atoms with Crippen LogP contribution >= 0.6 is 0 Å². The minimum Gasteiger partial charge on any atom is -0.475 e. The van der Waals surface area contributed by atoms with Gasteiger partial charge in [-0.3, -0.25) is 9.89 Å². The molecule has 0 unspecified atom stereocenters. The number of rotatable bonds is 1. The maximum Gasteiger partial charge on any atom is 0.374 e. The highest BCUT2D eigenvalue weighted by Gasteiger charge is 2.12. The number of hydrogen-bond donors (Lipinski definition) is 2. The maximum atomic E-state index is 11.2. The van der Waals surface area contributed by atoms with E-state index in [1.807, 2.05) is 0 Å². The second kappa shape index (κ2) is 2.44. The molecule has 0 bridgehead atoms. The molecule has 2 aromatic rings. The summed E-state index contributed by atoms with van der Waals surface area (Å²) in [6, 6.07) is 4.37. The van der Waals surface area contributed by atoms with E-state index in [9.17, 15) is 9.59 Å². The van der Waals surface area contributed by atoms with Crippen molar-refractivity contribution in [1.82, 2.24) is 14.6 Å². The molecule has 0 fully saturated rings. The Labute approximate surface area is 71.4 Å². The lowest BCUT2D eigenvalue weighted by atomic mass is 10.4. The Morgan fingerprint density at radius 3 is 3.00 bits per heavy atom.